The van der Waals surface area contributed by atoms with Crippen LogP contribution in [0.25, 0.3) is 6.08 Å². The smallest absolute Gasteiger partial charge is 0.343 e. The first-order chi connectivity index (χ1) is 14.5. The average Bonchev–Trinajstić information content (AvgIpc) is 3.05. The van der Waals surface area contributed by atoms with Crippen LogP contribution in [0.3, 0.4) is 0 Å². The first kappa shape index (κ1) is 19.5. The Bertz CT molecular complexity index is 1130. The number of ether oxygens (including phenoxy) is 3. The number of carbonyl (C=O) groups is 2. The summed E-state index contributed by atoms with van der Waals surface area (Å²) in [6.07, 6.45) is 1.68. The molecular formula is C25H20O5. The molecule has 0 amide bonds. The van der Waals surface area contributed by atoms with E-state index in [4.69, 9.17) is 14.2 Å². The normalized spacial score (nSPS) is 13.7. The summed E-state index contributed by atoms with van der Waals surface area (Å²) < 4.78 is 16.6. The summed E-state index contributed by atoms with van der Waals surface area (Å²) in [4.78, 5) is 24.9. The molecule has 3 aromatic rings. The van der Waals surface area contributed by atoms with Crippen molar-refractivity contribution in [3.05, 3.63) is 94.7 Å². The highest BCUT2D eigenvalue weighted by atomic mass is 16.5. The SMILES string of the molecule is CCOc1ccc(C=C2Oc3cc(OC(=O)c4ccc(C)cc4)ccc3C2=O)cc1. The van der Waals surface area contributed by atoms with Crippen LogP contribution >= 0.6 is 0 Å². The van der Waals surface area contributed by atoms with E-state index in [0.717, 1.165) is 16.9 Å². The Hall–Kier alpha value is -3.86. The van der Waals surface area contributed by atoms with Crippen molar-refractivity contribution < 1.29 is 23.8 Å². The lowest BCUT2D eigenvalue weighted by Crippen LogP contribution is -2.08. The van der Waals surface area contributed by atoms with Crippen LogP contribution in [0.15, 0.2) is 72.5 Å². The summed E-state index contributed by atoms with van der Waals surface area (Å²) in [7, 11) is 0. The number of Topliss-reactive ketones (excluding diaryl/α,β-unsaturated/α-hetero) is 1. The molecule has 3 aromatic carbocycles. The third-order valence-corrected chi connectivity index (χ3v) is 4.63. The summed E-state index contributed by atoms with van der Waals surface area (Å²) in [5, 5.41) is 0. The highest BCUT2D eigenvalue weighted by Crippen LogP contribution is 2.35. The van der Waals surface area contributed by atoms with Gasteiger partial charge in [0.05, 0.1) is 17.7 Å². The minimum atomic E-state index is -0.468. The second-order valence-electron chi connectivity index (χ2n) is 6.86. The fourth-order valence-corrected chi connectivity index (χ4v) is 3.06. The summed E-state index contributed by atoms with van der Waals surface area (Å²) in [5.74, 6) is 0.985. The fraction of sp³-hybridized carbons (Fsp3) is 0.120. The molecular weight excluding hydrogens is 380 g/mol. The van der Waals surface area contributed by atoms with E-state index in [9.17, 15) is 9.59 Å². The Balaban J connectivity index is 1.50. The molecule has 0 fully saturated rings. The number of hydrogen-bond acceptors (Lipinski definition) is 5. The molecule has 0 N–H and O–H groups in total. The van der Waals surface area contributed by atoms with Gasteiger partial charge in [-0.25, -0.2) is 4.79 Å². The van der Waals surface area contributed by atoms with Crippen molar-refractivity contribution in [3.8, 4) is 17.2 Å². The highest BCUT2D eigenvalue weighted by molar-refractivity contribution is 6.14. The summed E-state index contributed by atoms with van der Waals surface area (Å²) >= 11 is 0. The predicted octanol–water partition coefficient (Wildman–Crippen LogP) is 5.23. The predicted molar refractivity (Wildman–Crippen MR) is 113 cm³/mol. The van der Waals surface area contributed by atoms with E-state index in [0.29, 0.717) is 29.2 Å². The van der Waals surface area contributed by atoms with Gasteiger partial charge in [-0.1, -0.05) is 29.8 Å². The Morgan fingerprint density at radius 1 is 0.967 bits per heavy atom. The van der Waals surface area contributed by atoms with Crippen molar-refractivity contribution in [1.82, 2.24) is 0 Å². The monoisotopic (exact) mass is 400 g/mol. The largest absolute Gasteiger partial charge is 0.494 e. The van der Waals surface area contributed by atoms with E-state index in [1.165, 1.54) is 0 Å². The van der Waals surface area contributed by atoms with Crippen molar-refractivity contribution in [3.63, 3.8) is 0 Å². The number of ketones is 1. The van der Waals surface area contributed by atoms with Gasteiger partial charge in [-0.2, -0.15) is 0 Å². The van der Waals surface area contributed by atoms with Gasteiger partial charge in [0.15, 0.2) is 5.76 Å². The number of benzene rings is 3. The molecule has 1 heterocycles. The van der Waals surface area contributed by atoms with Gasteiger partial charge < -0.3 is 14.2 Å². The van der Waals surface area contributed by atoms with Crippen molar-refractivity contribution in [2.45, 2.75) is 13.8 Å². The molecule has 1 aliphatic heterocycles. The van der Waals surface area contributed by atoms with Gasteiger partial charge in [0, 0.05) is 6.07 Å². The van der Waals surface area contributed by atoms with Crippen LogP contribution in [-0.2, 0) is 0 Å². The lowest BCUT2D eigenvalue weighted by molar-refractivity contribution is 0.0734. The topological polar surface area (TPSA) is 61.8 Å². The number of fused-ring (bicyclic) bond motifs is 1. The van der Waals surface area contributed by atoms with Crippen LogP contribution in [-0.4, -0.2) is 18.4 Å². The summed E-state index contributed by atoms with van der Waals surface area (Å²) in [6.45, 7) is 4.46. The van der Waals surface area contributed by atoms with Gasteiger partial charge in [0.25, 0.3) is 0 Å². The second-order valence-corrected chi connectivity index (χ2v) is 6.86. The van der Waals surface area contributed by atoms with Crippen LogP contribution in [0.4, 0.5) is 0 Å². The average molecular weight is 400 g/mol. The molecule has 1 aliphatic rings. The van der Waals surface area contributed by atoms with Gasteiger partial charge in [0.1, 0.15) is 17.2 Å². The molecule has 0 aromatic heterocycles. The lowest BCUT2D eigenvalue weighted by atomic mass is 10.1. The maximum Gasteiger partial charge on any atom is 0.343 e. The Morgan fingerprint density at radius 2 is 1.67 bits per heavy atom. The zero-order chi connectivity index (χ0) is 21.1. The quantitative estimate of drug-likeness (QED) is 0.333. The first-order valence-electron chi connectivity index (χ1n) is 9.63. The van der Waals surface area contributed by atoms with Crippen molar-refractivity contribution in [1.29, 1.82) is 0 Å². The first-order valence-corrected chi connectivity index (χ1v) is 9.63. The molecule has 0 radical (unpaired) electrons. The molecule has 0 saturated carbocycles. The number of carbonyl (C=O) groups excluding carboxylic acids is 2. The van der Waals surface area contributed by atoms with Gasteiger partial charge in [0.2, 0.25) is 5.78 Å². The molecule has 0 atom stereocenters. The van der Waals surface area contributed by atoms with Gasteiger partial charge in [-0.3, -0.25) is 4.79 Å². The summed E-state index contributed by atoms with van der Waals surface area (Å²) in [6, 6.07) is 19.2. The van der Waals surface area contributed by atoms with E-state index in [1.807, 2.05) is 50.2 Å². The molecule has 4 rings (SSSR count). The lowest BCUT2D eigenvalue weighted by Gasteiger charge is -2.06. The standard InChI is InChI=1S/C25H20O5/c1-3-28-19-10-6-17(7-11-19)14-23-24(26)21-13-12-20(15-22(21)30-23)29-25(27)18-8-4-16(2)5-9-18/h4-15H,3H2,1-2H3. The Morgan fingerprint density at radius 3 is 2.37 bits per heavy atom. The van der Waals surface area contributed by atoms with Crippen molar-refractivity contribution >= 4 is 17.8 Å². The number of rotatable bonds is 5. The Kier molecular flexibility index (Phi) is 5.35. The Labute approximate surface area is 174 Å². The minimum absolute atomic E-state index is 0.213. The van der Waals surface area contributed by atoms with E-state index in [-0.39, 0.29) is 11.5 Å². The molecule has 0 saturated heterocycles. The molecule has 150 valence electrons. The molecule has 5 heteroatoms. The van der Waals surface area contributed by atoms with Crippen LogP contribution in [0.2, 0.25) is 0 Å². The van der Waals surface area contributed by atoms with Crippen LogP contribution in [0.1, 0.15) is 38.8 Å². The number of esters is 1. The maximum atomic E-state index is 12.6. The molecule has 0 unspecified atom stereocenters. The van der Waals surface area contributed by atoms with Crippen LogP contribution in [0, 0.1) is 6.92 Å². The van der Waals surface area contributed by atoms with E-state index < -0.39 is 5.97 Å². The van der Waals surface area contributed by atoms with Crippen LogP contribution in [0.5, 0.6) is 17.2 Å². The van der Waals surface area contributed by atoms with Gasteiger partial charge in [-0.15, -0.1) is 0 Å². The fourth-order valence-electron chi connectivity index (χ4n) is 3.06. The molecule has 30 heavy (non-hydrogen) atoms. The number of hydrogen-bond donors (Lipinski definition) is 0. The molecule has 0 spiro atoms. The van der Waals surface area contributed by atoms with E-state index >= 15 is 0 Å². The minimum Gasteiger partial charge on any atom is -0.494 e. The van der Waals surface area contributed by atoms with Crippen molar-refractivity contribution in [2.75, 3.05) is 6.61 Å². The van der Waals surface area contributed by atoms with Gasteiger partial charge >= 0.3 is 5.97 Å². The summed E-state index contributed by atoms with van der Waals surface area (Å²) in [5.41, 5.74) is 2.76. The second kappa shape index (κ2) is 8.25. The number of allylic oxidation sites excluding steroid dienone is 1. The molecule has 5 nitrogen and oxygen atoms in total. The zero-order valence-corrected chi connectivity index (χ0v) is 16.7. The van der Waals surface area contributed by atoms with Crippen molar-refractivity contribution in [2.24, 2.45) is 0 Å². The van der Waals surface area contributed by atoms with Crippen LogP contribution < -0.4 is 14.2 Å². The third-order valence-electron chi connectivity index (χ3n) is 4.63. The number of aryl methyl sites for hydroxylation is 1. The van der Waals surface area contributed by atoms with Gasteiger partial charge in [-0.05, 0) is 61.9 Å². The van der Waals surface area contributed by atoms with E-state index in [2.05, 4.69) is 0 Å². The van der Waals surface area contributed by atoms with E-state index in [1.54, 1.807) is 36.4 Å². The highest BCUT2D eigenvalue weighted by Gasteiger charge is 2.28. The maximum absolute atomic E-state index is 12.6. The zero-order valence-electron chi connectivity index (χ0n) is 16.7. The molecule has 0 bridgehead atoms. The molecule has 0 aliphatic carbocycles. The third kappa shape index (κ3) is 4.10.